The predicted octanol–water partition coefficient (Wildman–Crippen LogP) is 5.28. The van der Waals surface area contributed by atoms with Crippen LogP contribution in [-0.4, -0.2) is 68.4 Å². The van der Waals surface area contributed by atoms with E-state index in [0.717, 1.165) is 52.0 Å². The summed E-state index contributed by atoms with van der Waals surface area (Å²) in [6, 6.07) is 8.47. The molecule has 1 aliphatic rings. The van der Waals surface area contributed by atoms with E-state index in [2.05, 4.69) is 63.7 Å². The molecule has 2 N–H and O–H groups in total. The highest BCUT2D eigenvalue weighted by Crippen LogP contribution is 2.32. The largest absolute Gasteiger partial charge is 0.444 e. The van der Waals surface area contributed by atoms with E-state index in [-0.39, 0.29) is 6.09 Å². The number of rotatable bonds is 5. The number of carbonyl (C=O) groups excluding carboxylic acids is 1. The second-order valence-electron chi connectivity index (χ2n) is 10.9. The lowest BCUT2D eigenvalue weighted by Crippen LogP contribution is -2.39. The molecule has 0 aliphatic carbocycles. The van der Waals surface area contributed by atoms with Crippen molar-refractivity contribution in [2.24, 2.45) is 7.05 Å². The van der Waals surface area contributed by atoms with Crippen LogP contribution in [-0.2, 0) is 18.3 Å². The van der Waals surface area contributed by atoms with Crippen molar-refractivity contribution in [2.75, 3.05) is 32.5 Å². The van der Waals surface area contributed by atoms with Gasteiger partial charge in [-0.1, -0.05) is 6.08 Å². The summed E-state index contributed by atoms with van der Waals surface area (Å²) in [6.07, 6.45) is 6.29. The predicted molar refractivity (Wildman–Crippen MR) is 148 cm³/mol. The first-order valence-corrected chi connectivity index (χ1v) is 12.6. The van der Waals surface area contributed by atoms with Crippen molar-refractivity contribution < 1.29 is 9.53 Å². The summed E-state index contributed by atoms with van der Waals surface area (Å²) < 4.78 is 7.45. The summed E-state index contributed by atoms with van der Waals surface area (Å²) in [6.45, 7) is 7.62. The standard InChI is InChI=1S/C28H35N7O2/c1-28(2,3)37-27(36)35-11-8-18(9-12-35)24-15-22-23(7-10-29-26(22)32-24)31-21-13-19-16-30-34(6)25(19)20(14-21)17-33(4)5/h7-8,10,13-16H,9,11-12,17H2,1-6H3,(H2,29,31,32). The molecule has 37 heavy (non-hydrogen) atoms. The van der Waals surface area contributed by atoms with Gasteiger partial charge in [-0.3, -0.25) is 4.68 Å². The Labute approximate surface area is 217 Å². The number of H-pyrrole nitrogens is 1. The fraction of sp³-hybridized carbons (Fsp3) is 0.393. The number of pyridine rings is 1. The Kier molecular flexibility index (Phi) is 6.41. The van der Waals surface area contributed by atoms with Gasteiger partial charge in [-0.25, -0.2) is 9.78 Å². The number of aromatic nitrogens is 4. The lowest BCUT2D eigenvalue weighted by atomic mass is 10.0. The highest BCUT2D eigenvalue weighted by molar-refractivity contribution is 5.95. The zero-order chi connectivity index (χ0) is 26.3. The zero-order valence-electron chi connectivity index (χ0n) is 22.4. The third-order valence-corrected chi connectivity index (χ3v) is 6.42. The summed E-state index contributed by atoms with van der Waals surface area (Å²) in [5, 5.41) is 10.2. The molecule has 9 nitrogen and oxygen atoms in total. The first kappa shape index (κ1) is 24.8. The molecule has 1 aliphatic heterocycles. The SMILES string of the molecule is CN(C)Cc1cc(Nc2ccnc3[nH]c(C4=CCN(C(=O)OC(C)(C)C)CC4)cc23)cc2cnn(C)c12. The van der Waals surface area contributed by atoms with E-state index < -0.39 is 5.60 Å². The second kappa shape index (κ2) is 9.55. The van der Waals surface area contributed by atoms with Gasteiger partial charge in [0.05, 0.1) is 17.4 Å². The van der Waals surface area contributed by atoms with Gasteiger partial charge in [-0.15, -0.1) is 0 Å². The average molecular weight is 502 g/mol. The molecule has 0 radical (unpaired) electrons. The molecule has 0 spiro atoms. The first-order valence-electron chi connectivity index (χ1n) is 12.6. The molecule has 4 heterocycles. The summed E-state index contributed by atoms with van der Waals surface area (Å²) in [4.78, 5) is 24.4. The number of aromatic amines is 1. The van der Waals surface area contributed by atoms with E-state index in [0.29, 0.717) is 13.1 Å². The first-order chi connectivity index (χ1) is 17.6. The number of nitrogens with one attached hydrogen (secondary N) is 2. The van der Waals surface area contributed by atoms with E-state index in [1.54, 1.807) is 4.90 Å². The highest BCUT2D eigenvalue weighted by atomic mass is 16.6. The fourth-order valence-corrected chi connectivity index (χ4v) is 4.82. The summed E-state index contributed by atoms with van der Waals surface area (Å²) >= 11 is 0. The number of ether oxygens (including phenoxy) is 1. The zero-order valence-corrected chi connectivity index (χ0v) is 22.4. The molecule has 0 saturated carbocycles. The monoisotopic (exact) mass is 501 g/mol. The molecule has 0 bridgehead atoms. The molecule has 1 amide bonds. The van der Waals surface area contributed by atoms with Crippen molar-refractivity contribution in [1.82, 2.24) is 29.5 Å². The summed E-state index contributed by atoms with van der Waals surface area (Å²) in [7, 11) is 6.13. The van der Waals surface area contributed by atoms with Crippen LogP contribution < -0.4 is 5.32 Å². The summed E-state index contributed by atoms with van der Waals surface area (Å²) in [5.74, 6) is 0. The number of hydrogen-bond donors (Lipinski definition) is 2. The van der Waals surface area contributed by atoms with E-state index in [9.17, 15) is 4.79 Å². The van der Waals surface area contributed by atoms with Gasteiger partial charge in [-0.2, -0.15) is 5.10 Å². The van der Waals surface area contributed by atoms with E-state index >= 15 is 0 Å². The third-order valence-electron chi connectivity index (χ3n) is 6.42. The van der Waals surface area contributed by atoms with Crippen LogP contribution in [0.3, 0.4) is 0 Å². The van der Waals surface area contributed by atoms with Gasteiger partial charge in [0.1, 0.15) is 11.2 Å². The fourth-order valence-electron chi connectivity index (χ4n) is 4.82. The summed E-state index contributed by atoms with van der Waals surface area (Å²) in [5.41, 5.74) is 6.88. The minimum atomic E-state index is -0.498. The van der Waals surface area contributed by atoms with E-state index in [4.69, 9.17) is 4.74 Å². The molecule has 9 heteroatoms. The number of fused-ring (bicyclic) bond motifs is 2. The quantitative estimate of drug-likeness (QED) is 0.387. The Morgan fingerprint density at radius 3 is 2.76 bits per heavy atom. The van der Waals surface area contributed by atoms with Crippen LogP contribution in [0.25, 0.3) is 27.5 Å². The number of hydrogen-bond acceptors (Lipinski definition) is 6. The van der Waals surface area contributed by atoms with Gasteiger partial charge >= 0.3 is 6.09 Å². The van der Waals surface area contributed by atoms with Gasteiger partial charge in [-0.05, 0) is 76.7 Å². The van der Waals surface area contributed by atoms with Crippen LogP contribution in [0, 0.1) is 0 Å². The van der Waals surface area contributed by atoms with Crippen LogP contribution in [0.2, 0.25) is 0 Å². The van der Waals surface area contributed by atoms with Crippen molar-refractivity contribution in [1.29, 1.82) is 0 Å². The third kappa shape index (κ3) is 5.32. The van der Waals surface area contributed by atoms with Crippen LogP contribution in [0.4, 0.5) is 16.2 Å². The molecule has 0 fully saturated rings. The van der Waals surface area contributed by atoms with Crippen LogP contribution in [0.1, 0.15) is 38.4 Å². The van der Waals surface area contributed by atoms with Gasteiger partial charge in [0.25, 0.3) is 0 Å². The minimum absolute atomic E-state index is 0.271. The van der Waals surface area contributed by atoms with Crippen molar-refractivity contribution in [3.63, 3.8) is 0 Å². The number of aryl methyl sites for hydroxylation is 1. The van der Waals surface area contributed by atoms with E-state index in [1.165, 1.54) is 11.1 Å². The molecule has 5 rings (SSSR count). The Bertz CT molecular complexity index is 1490. The van der Waals surface area contributed by atoms with Gasteiger partial charge in [0.15, 0.2) is 0 Å². The highest BCUT2D eigenvalue weighted by Gasteiger charge is 2.24. The maximum absolute atomic E-state index is 12.4. The molecule has 4 aromatic rings. The van der Waals surface area contributed by atoms with Gasteiger partial charge < -0.3 is 24.8 Å². The number of anilines is 2. The maximum atomic E-state index is 12.4. The Morgan fingerprint density at radius 1 is 1.24 bits per heavy atom. The van der Waals surface area contributed by atoms with Crippen molar-refractivity contribution in [3.05, 3.63) is 54.0 Å². The topological polar surface area (TPSA) is 91.3 Å². The number of carbonyl (C=O) groups is 1. The molecule has 1 aromatic carbocycles. The van der Waals surface area contributed by atoms with Gasteiger partial charge in [0.2, 0.25) is 0 Å². The molecule has 194 valence electrons. The Balaban J connectivity index is 1.40. The lowest BCUT2D eigenvalue weighted by Gasteiger charge is -2.29. The van der Waals surface area contributed by atoms with Crippen LogP contribution in [0.5, 0.6) is 0 Å². The maximum Gasteiger partial charge on any atom is 0.410 e. The molecular formula is C28H35N7O2. The number of amides is 1. The molecule has 0 saturated heterocycles. The number of nitrogens with zero attached hydrogens (tertiary/aromatic N) is 5. The average Bonchev–Trinajstić information content (AvgIpc) is 3.42. The van der Waals surface area contributed by atoms with Crippen molar-refractivity contribution >= 4 is 45.0 Å². The normalized spacial score (nSPS) is 14.5. The van der Waals surface area contributed by atoms with Crippen LogP contribution >= 0.6 is 0 Å². The minimum Gasteiger partial charge on any atom is -0.444 e. The Hall–Kier alpha value is -3.85. The lowest BCUT2D eigenvalue weighted by molar-refractivity contribution is 0.0270. The van der Waals surface area contributed by atoms with Crippen molar-refractivity contribution in [2.45, 2.75) is 39.3 Å². The molecule has 0 atom stereocenters. The number of benzene rings is 1. The smallest absolute Gasteiger partial charge is 0.410 e. The molecule has 0 unspecified atom stereocenters. The molecular weight excluding hydrogens is 466 g/mol. The van der Waals surface area contributed by atoms with Gasteiger partial charge in [0, 0.05) is 55.0 Å². The van der Waals surface area contributed by atoms with Crippen LogP contribution in [0.15, 0.2) is 42.7 Å². The second-order valence-corrected chi connectivity index (χ2v) is 10.9. The van der Waals surface area contributed by atoms with Crippen molar-refractivity contribution in [3.8, 4) is 0 Å². The van der Waals surface area contributed by atoms with E-state index in [1.807, 2.05) is 51.0 Å². The molecule has 3 aromatic heterocycles. The Morgan fingerprint density at radius 2 is 2.05 bits per heavy atom.